The molecule has 2 saturated heterocycles. The summed E-state index contributed by atoms with van der Waals surface area (Å²) in [6.45, 7) is 1.56. The van der Waals surface area contributed by atoms with Gasteiger partial charge in [-0.1, -0.05) is 12.1 Å². The first-order chi connectivity index (χ1) is 13.8. The van der Waals surface area contributed by atoms with Crippen molar-refractivity contribution in [2.24, 2.45) is 5.92 Å². The van der Waals surface area contributed by atoms with Gasteiger partial charge in [0.15, 0.2) is 0 Å². The number of nitrogens with one attached hydrogen (secondary N) is 3. The van der Waals surface area contributed by atoms with E-state index < -0.39 is 23.8 Å². The summed E-state index contributed by atoms with van der Waals surface area (Å²) in [6.07, 6.45) is 0.394. The van der Waals surface area contributed by atoms with Crippen molar-refractivity contribution in [1.29, 1.82) is 0 Å². The average molecular weight is 406 g/mol. The summed E-state index contributed by atoms with van der Waals surface area (Å²) in [7, 11) is 0. The van der Waals surface area contributed by atoms with Crippen LogP contribution in [-0.4, -0.2) is 54.2 Å². The minimum absolute atomic E-state index is 0.142. The third kappa shape index (κ3) is 4.02. The first-order valence-electron chi connectivity index (χ1n) is 9.91. The van der Waals surface area contributed by atoms with E-state index in [9.17, 15) is 23.2 Å². The number of rotatable bonds is 5. The summed E-state index contributed by atoms with van der Waals surface area (Å²) in [5.41, 5.74) is 2.25. The molecule has 0 saturated carbocycles. The van der Waals surface area contributed by atoms with Crippen LogP contribution in [0.2, 0.25) is 0 Å². The maximum atomic E-state index is 13.9. The van der Waals surface area contributed by atoms with Crippen molar-refractivity contribution in [3.63, 3.8) is 0 Å². The van der Waals surface area contributed by atoms with E-state index in [1.165, 1.54) is 4.90 Å². The Kier molecular flexibility index (Phi) is 5.35. The standard InChI is InChI=1S/C20H24F2N4O3/c21-20(22)5-6-23-9-14(20)10-24-8-12-1-2-15-13(7-12)11-26(19(15)29)16-3-4-17(27)25-18(16)28/h1-2,7,14,16,23-24H,3-6,8-11H2,(H,25,27,28). The molecule has 0 radical (unpaired) electrons. The lowest BCUT2D eigenvalue weighted by Gasteiger charge is -2.32. The Labute approximate surface area is 167 Å². The number of nitrogens with zero attached hydrogens (tertiary/aromatic N) is 1. The Morgan fingerprint density at radius 1 is 1.24 bits per heavy atom. The van der Waals surface area contributed by atoms with E-state index in [2.05, 4.69) is 16.0 Å². The fourth-order valence-electron chi connectivity index (χ4n) is 4.23. The van der Waals surface area contributed by atoms with Gasteiger partial charge in [0.1, 0.15) is 6.04 Å². The highest BCUT2D eigenvalue weighted by Crippen LogP contribution is 2.30. The van der Waals surface area contributed by atoms with Gasteiger partial charge in [0.25, 0.3) is 11.8 Å². The maximum absolute atomic E-state index is 13.9. The van der Waals surface area contributed by atoms with Crippen LogP contribution >= 0.6 is 0 Å². The molecule has 3 amide bonds. The third-order valence-corrected chi connectivity index (χ3v) is 5.93. The van der Waals surface area contributed by atoms with Crippen molar-refractivity contribution in [1.82, 2.24) is 20.9 Å². The normalized spacial score (nSPS) is 26.4. The Bertz CT molecular complexity index is 845. The van der Waals surface area contributed by atoms with Crippen molar-refractivity contribution in [3.05, 3.63) is 34.9 Å². The molecule has 29 heavy (non-hydrogen) atoms. The quantitative estimate of drug-likeness (QED) is 0.629. The minimum atomic E-state index is -2.66. The van der Waals surface area contributed by atoms with E-state index in [0.29, 0.717) is 38.2 Å². The second kappa shape index (κ2) is 7.79. The Morgan fingerprint density at radius 2 is 2.07 bits per heavy atom. The van der Waals surface area contributed by atoms with Crippen molar-refractivity contribution in [3.8, 4) is 0 Å². The number of imide groups is 1. The molecule has 7 nitrogen and oxygen atoms in total. The summed E-state index contributed by atoms with van der Waals surface area (Å²) in [5, 5.41) is 8.38. The molecular formula is C20H24F2N4O3. The van der Waals surface area contributed by atoms with Crippen LogP contribution < -0.4 is 16.0 Å². The van der Waals surface area contributed by atoms with Gasteiger partial charge in [0.2, 0.25) is 11.8 Å². The highest BCUT2D eigenvalue weighted by molar-refractivity contribution is 6.05. The lowest BCUT2D eigenvalue weighted by atomic mass is 9.95. The molecule has 0 aliphatic carbocycles. The summed E-state index contributed by atoms with van der Waals surface area (Å²) >= 11 is 0. The lowest BCUT2D eigenvalue weighted by Crippen LogP contribution is -2.52. The molecule has 9 heteroatoms. The molecular weight excluding hydrogens is 382 g/mol. The topological polar surface area (TPSA) is 90.5 Å². The first-order valence-corrected chi connectivity index (χ1v) is 9.91. The van der Waals surface area contributed by atoms with E-state index in [4.69, 9.17) is 0 Å². The van der Waals surface area contributed by atoms with Crippen LogP contribution in [0.3, 0.4) is 0 Å². The van der Waals surface area contributed by atoms with Gasteiger partial charge in [0.05, 0.1) is 0 Å². The second-order valence-electron chi connectivity index (χ2n) is 7.93. The Balaban J connectivity index is 1.37. The largest absolute Gasteiger partial charge is 0.322 e. The highest BCUT2D eigenvalue weighted by atomic mass is 19.3. The number of fused-ring (bicyclic) bond motifs is 1. The molecule has 0 aromatic heterocycles. The molecule has 156 valence electrons. The van der Waals surface area contributed by atoms with Crippen LogP contribution in [0, 0.1) is 5.92 Å². The smallest absolute Gasteiger partial charge is 0.255 e. The fourth-order valence-corrected chi connectivity index (χ4v) is 4.23. The maximum Gasteiger partial charge on any atom is 0.255 e. The number of hydrogen-bond acceptors (Lipinski definition) is 5. The van der Waals surface area contributed by atoms with Gasteiger partial charge in [-0.2, -0.15) is 0 Å². The Morgan fingerprint density at radius 3 is 2.83 bits per heavy atom. The molecule has 0 spiro atoms. The average Bonchev–Trinajstić information content (AvgIpc) is 2.99. The third-order valence-electron chi connectivity index (χ3n) is 5.93. The van der Waals surface area contributed by atoms with E-state index in [0.717, 1.165) is 11.1 Å². The van der Waals surface area contributed by atoms with Crippen molar-refractivity contribution >= 4 is 17.7 Å². The van der Waals surface area contributed by atoms with Crippen LogP contribution in [-0.2, 0) is 22.7 Å². The van der Waals surface area contributed by atoms with Gasteiger partial charge in [0, 0.05) is 57.0 Å². The van der Waals surface area contributed by atoms with Crippen LogP contribution in [0.5, 0.6) is 0 Å². The SMILES string of the molecule is O=C1CCC(N2Cc3cc(CNCC4CNCCC4(F)F)ccc3C2=O)C(=O)N1. The fraction of sp³-hybridized carbons (Fsp3) is 0.550. The minimum Gasteiger partial charge on any atom is -0.322 e. The van der Waals surface area contributed by atoms with Crippen molar-refractivity contribution in [2.45, 2.75) is 44.3 Å². The molecule has 0 bridgehead atoms. The lowest BCUT2D eigenvalue weighted by molar-refractivity contribution is -0.136. The highest BCUT2D eigenvalue weighted by Gasteiger charge is 2.41. The molecule has 3 aliphatic rings. The number of carbonyl (C=O) groups is 3. The van der Waals surface area contributed by atoms with Gasteiger partial charge in [-0.3, -0.25) is 19.7 Å². The van der Waals surface area contributed by atoms with Crippen LogP contribution in [0.4, 0.5) is 8.78 Å². The molecule has 2 unspecified atom stereocenters. The van der Waals surface area contributed by atoms with E-state index in [1.807, 2.05) is 6.07 Å². The summed E-state index contributed by atoms with van der Waals surface area (Å²) < 4.78 is 27.8. The van der Waals surface area contributed by atoms with Gasteiger partial charge >= 0.3 is 0 Å². The van der Waals surface area contributed by atoms with Crippen LogP contribution in [0.15, 0.2) is 18.2 Å². The summed E-state index contributed by atoms with van der Waals surface area (Å²) in [5.74, 6) is -4.38. The molecule has 4 rings (SSSR count). The van der Waals surface area contributed by atoms with Crippen LogP contribution in [0.1, 0.15) is 40.7 Å². The van der Waals surface area contributed by atoms with Gasteiger partial charge in [-0.05, 0) is 23.6 Å². The Hall–Kier alpha value is -2.39. The molecule has 1 aromatic carbocycles. The summed E-state index contributed by atoms with van der Waals surface area (Å²) in [6, 6.07) is 4.76. The van der Waals surface area contributed by atoms with Crippen molar-refractivity contribution in [2.75, 3.05) is 19.6 Å². The predicted molar refractivity (Wildman–Crippen MR) is 100 cm³/mol. The second-order valence-corrected chi connectivity index (χ2v) is 7.93. The van der Waals surface area contributed by atoms with E-state index >= 15 is 0 Å². The van der Waals surface area contributed by atoms with Gasteiger partial charge in [-0.15, -0.1) is 0 Å². The van der Waals surface area contributed by atoms with Gasteiger partial charge in [-0.25, -0.2) is 8.78 Å². The van der Waals surface area contributed by atoms with E-state index in [1.54, 1.807) is 12.1 Å². The molecule has 3 aliphatic heterocycles. The first kappa shape index (κ1) is 19.9. The zero-order valence-electron chi connectivity index (χ0n) is 16.0. The number of piperidine rings is 2. The number of alkyl halides is 2. The predicted octanol–water partition coefficient (Wildman–Crippen LogP) is 0.782. The van der Waals surface area contributed by atoms with Crippen molar-refractivity contribution < 1.29 is 23.2 Å². The van der Waals surface area contributed by atoms with Gasteiger partial charge < -0.3 is 15.5 Å². The number of amides is 3. The van der Waals surface area contributed by atoms with E-state index in [-0.39, 0.29) is 31.2 Å². The molecule has 3 N–H and O–H groups in total. The number of carbonyl (C=O) groups excluding carboxylic acids is 3. The molecule has 3 heterocycles. The number of halogens is 2. The molecule has 1 aromatic rings. The zero-order chi connectivity index (χ0) is 20.6. The monoisotopic (exact) mass is 406 g/mol. The summed E-state index contributed by atoms with van der Waals surface area (Å²) in [4.78, 5) is 37.6. The molecule has 2 fully saturated rings. The number of hydrogen-bond donors (Lipinski definition) is 3. The zero-order valence-corrected chi connectivity index (χ0v) is 16.0. The van der Waals surface area contributed by atoms with Crippen LogP contribution in [0.25, 0.3) is 0 Å². The number of benzene rings is 1. The molecule has 2 atom stereocenters.